The number of para-hydroxylation sites is 3. The first-order valence-corrected chi connectivity index (χ1v) is 26.1. The summed E-state index contributed by atoms with van der Waals surface area (Å²) in [5, 5.41) is 1.98. The molecule has 0 aliphatic carbocycles. The monoisotopic (exact) mass is 1170 g/mol. The van der Waals surface area contributed by atoms with Gasteiger partial charge >= 0.3 is 0 Å². The van der Waals surface area contributed by atoms with Gasteiger partial charge in [-0.2, -0.15) is 6.07 Å². The van der Waals surface area contributed by atoms with E-state index in [-0.39, 0.29) is 53.7 Å². The van der Waals surface area contributed by atoms with Gasteiger partial charge in [-0.25, -0.2) is 4.98 Å². The summed E-state index contributed by atoms with van der Waals surface area (Å²) in [5.74, 6) is 1.61. The zero-order valence-corrected chi connectivity index (χ0v) is 48.7. The number of hydrogen-bond acceptors (Lipinski definition) is 4. The van der Waals surface area contributed by atoms with E-state index < -0.39 is 6.85 Å². The molecule has 75 heavy (non-hydrogen) atoms. The van der Waals surface area contributed by atoms with Gasteiger partial charge in [0.15, 0.2) is 0 Å². The molecule has 0 spiro atoms. The van der Waals surface area contributed by atoms with Gasteiger partial charge in [-0.15, -0.1) is 53.6 Å². The number of benzene rings is 7. The fourth-order valence-corrected chi connectivity index (χ4v) is 10.3. The molecule has 0 radical (unpaired) electrons. The zero-order valence-electron chi connectivity index (χ0n) is 49.4. The number of aromatic nitrogens is 2. The molecular formula is C69H73N4OPt-3. The van der Waals surface area contributed by atoms with Gasteiger partial charge in [-0.3, -0.25) is 0 Å². The Morgan fingerprint density at radius 1 is 0.520 bits per heavy atom. The fourth-order valence-electron chi connectivity index (χ4n) is 10.3. The second-order valence-electron chi connectivity index (χ2n) is 25.4. The van der Waals surface area contributed by atoms with E-state index >= 15 is 0 Å². The molecule has 6 heteroatoms. The second-order valence-corrected chi connectivity index (χ2v) is 25.4. The molecule has 10 rings (SSSR count). The maximum Gasteiger partial charge on any atom is 0.136 e. The van der Waals surface area contributed by atoms with Crippen molar-refractivity contribution in [2.24, 2.45) is 0 Å². The molecule has 388 valence electrons. The van der Waals surface area contributed by atoms with Crippen LogP contribution in [-0.2, 0) is 48.1 Å². The maximum atomic E-state index is 8.46. The van der Waals surface area contributed by atoms with Gasteiger partial charge in [0.2, 0.25) is 0 Å². The number of fused-ring (bicyclic) bond motifs is 4. The Morgan fingerprint density at radius 2 is 1.09 bits per heavy atom. The Balaban J connectivity index is 0.00000740. The Kier molecular flexibility index (Phi) is 12.7. The summed E-state index contributed by atoms with van der Waals surface area (Å²) < 4.78 is 34.6. The summed E-state index contributed by atoms with van der Waals surface area (Å²) >= 11 is 0. The molecule has 0 saturated heterocycles. The van der Waals surface area contributed by atoms with Crippen LogP contribution in [0.4, 0.5) is 22.7 Å². The van der Waals surface area contributed by atoms with E-state index in [0.717, 1.165) is 55.7 Å². The number of aryl methyl sites for hydroxylation is 1. The molecule has 7 aromatic carbocycles. The Bertz CT molecular complexity index is 3660. The van der Waals surface area contributed by atoms with Crippen LogP contribution >= 0.6 is 0 Å². The molecule has 1 aliphatic rings. The summed E-state index contributed by atoms with van der Waals surface area (Å²) in [6.45, 7) is 34.3. The van der Waals surface area contributed by atoms with Crippen LogP contribution in [0.3, 0.4) is 0 Å². The molecule has 9 aromatic rings. The molecule has 1 aliphatic heterocycles. The first kappa shape index (κ1) is 49.5. The van der Waals surface area contributed by atoms with Crippen LogP contribution in [0.1, 0.15) is 141 Å². The van der Waals surface area contributed by atoms with Crippen LogP contribution in [0.25, 0.3) is 49.9 Å². The molecule has 3 heterocycles. The summed E-state index contributed by atoms with van der Waals surface area (Å²) in [5.41, 5.74) is 15.3. The van der Waals surface area contributed by atoms with E-state index in [1.165, 1.54) is 39.6 Å². The van der Waals surface area contributed by atoms with Gasteiger partial charge in [0.25, 0.3) is 0 Å². The maximum absolute atomic E-state index is 8.46. The van der Waals surface area contributed by atoms with Crippen molar-refractivity contribution in [2.45, 2.75) is 138 Å². The summed E-state index contributed by atoms with van der Waals surface area (Å²) in [7, 11) is 0. The fraction of sp³-hybridized carbons (Fsp3) is 0.304. The number of rotatable bonds is 7. The smallest absolute Gasteiger partial charge is 0.136 e. The quantitative estimate of drug-likeness (QED) is 0.149. The van der Waals surface area contributed by atoms with Crippen molar-refractivity contribution in [3.05, 3.63) is 198 Å². The van der Waals surface area contributed by atoms with Crippen molar-refractivity contribution >= 4 is 44.6 Å². The minimum absolute atomic E-state index is 0. The first-order chi connectivity index (χ1) is 35.9. The zero-order chi connectivity index (χ0) is 55.4. The van der Waals surface area contributed by atoms with Gasteiger partial charge in [0.05, 0.1) is 0 Å². The molecule has 5 nitrogen and oxygen atoms in total. The standard InChI is InChI=1S/C69H73N4O.Pt/c1-44-42-70-63(41-56(44)45-24-18-17-19-25-45)73-59-27-21-20-26-54(59)55-31-30-52(40-62(55)73)74-53-33-46(64-57(68(11,12)13)37-49(67(8,9)10)38-58(64)69(14,15)16)32-50(39-53)71-43-72(61-29-23-22-28-60(61)71)51-35-47(65(2,3)4)34-48(36-51)66(5,6)7;/h17-38,41-43H,1-16H3;/q-3;/i1D3;. The normalized spacial score (nSPS) is 14.1. The molecule has 0 amide bonds. The molecule has 0 saturated carbocycles. The Labute approximate surface area is 466 Å². The number of ether oxygens (including phenoxy) is 1. The van der Waals surface area contributed by atoms with E-state index in [1.807, 2.05) is 54.6 Å². The summed E-state index contributed by atoms with van der Waals surface area (Å²) in [6, 6.07) is 56.3. The third-order valence-electron chi connectivity index (χ3n) is 14.5. The molecule has 0 bridgehead atoms. The van der Waals surface area contributed by atoms with Crippen molar-refractivity contribution in [1.82, 2.24) is 9.55 Å². The van der Waals surface area contributed by atoms with Gasteiger partial charge in [-0.1, -0.05) is 188 Å². The Hall–Kier alpha value is -6.42. The van der Waals surface area contributed by atoms with Gasteiger partial charge < -0.3 is 19.1 Å². The molecule has 0 atom stereocenters. The SMILES string of the molecule is [2H]C([2H])([2H])c1cnc(-n2c3[c-]c(Oc4[c-]c(N5[CH-]N(c6cc(C(C)(C)C)cc(C(C)(C)C)c6)c6ccccc65)cc(-c5c(C(C)(C)C)cc(C(C)(C)C)cc5C(C)(C)C)c4)ccc3c3ccccc32)cc1-c1ccccc1.[Pt]. The van der Waals surface area contributed by atoms with Crippen LogP contribution < -0.4 is 14.5 Å². The molecule has 0 unspecified atom stereocenters. The van der Waals surface area contributed by atoms with E-state index in [9.17, 15) is 0 Å². The van der Waals surface area contributed by atoms with Gasteiger partial charge in [-0.05, 0) is 126 Å². The number of pyridine rings is 1. The summed E-state index contributed by atoms with van der Waals surface area (Å²) in [6.07, 6.45) is 1.50. The average Bonchev–Trinajstić information content (AvgIpc) is 4.06. The predicted molar refractivity (Wildman–Crippen MR) is 313 cm³/mol. The van der Waals surface area contributed by atoms with Crippen LogP contribution in [0.5, 0.6) is 11.5 Å². The van der Waals surface area contributed by atoms with E-state index in [4.69, 9.17) is 13.8 Å². The van der Waals surface area contributed by atoms with Gasteiger partial charge in [0.1, 0.15) is 5.82 Å². The van der Waals surface area contributed by atoms with Crippen LogP contribution in [0.2, 0.25) is 0 Å². The van der Waals surface area contributed by atoms with Crippen molar-refractivity contribution in [1.29, 1.82) is 0 Å². The molecule has 0 N–H and O–H groups in total. The van der Waals surface area contributed by atoms with Gasteiger partial charge in [0, 0.05) is 65.5 Å². The van der Waals surface area contributed by atoms with Crippen molar-refractivity contribution in [3.8, 4) is 39.6 Å². The third kappa shape index (κ3) is 10.3. The second kappa shape index (κ2) is 19.3. The molecule has 2 aromatic heterocycles. The average molecular weight is 1170 g/mol. The topological polar surface area (TPSA) is 33.5 Å². The third-order valence-corrected chi connectivity index (χ3v) is 14.5. The molecular weight excluding hydrogens is 1100 g/mol. The van der Waals surface area contributed by atoms with Crippen LogP contribution in [0.15, 0.2) is 146 Å². The predicted octanol–water partition coefficient (Wildman–Crippen LogP) is 19.1. The van der Waals surface area contributed by atoms with Crippen molar-refractivity contribution < 1.29 is 29.9 Å². The van der Waals surface area contributed by atoms with Crippen LogP contribution in [-0.4, -0.2) is 9.55 Å². The minimum Gasteiger partial charge on any atom is -0.509 e. The van der Waals surface area contributed by atoms with Crippen molar-refractivity contribution in [2.75, 3.05) is 9.80 Å². The first-order valence-electron chi connectivity index (χ1n) is 27.6. The summed E-state index contributed by atoms with van der Waals surface area (Å²) in [4.78, 5) is 9.45. The number of hydrogen-bond donors (Lipinski definition) is 0. The minimum atomic E-state index is -2.37. The largest absolute Gasteiger partial charge is 0.509 e. The van der Waals surface area contributed by atoms with E-state index in [2.05, 4.69) is 222 Å². The molecule has 0 fully saturated rings. The van der Waals surface area contributed by atoms with Crippen LogP contribution in [0, 0.1) is 25.7 Å². The number of anilines is 4. The van der Waals surface area contributed by atoms with E-state index in [0.29, 0.717) is 22.9 Å². The Morgan fingerprint density at radius 3 is 1.69 bits per heavy atom. The number of nitrogens with zero attached hydrogens (tertiary/aromatic N) is 4. The van der Waals surface area contributed by atoms with Crippen molar-refractivity contribution in [3.63, 3.8) is 0 Å². The van der Waals surface area contributed by atoms with E-state index in [1.54, 1.807) is 0 Å².